The summed E-state index contributed by atoms with van der Waals surface area (Å²) in [5.41, 5.74) is 1.87. The van der Waals surface area contributed by atoms with Crippen molar-refractivity contribution in [1.29, 1.82) is 0 Å². The van der Waals surface area contributed by atoms with Crippen LogP contribution in [0, 0.1) is 0 Å². The third-order valence-corrected chi connectivity index (χ3v) is 8.40. The summed E-state index contributed by atoms with van der Waals surface area (Å²) in [6, 6.07) is 18.2. The van der Waals surface area contributed by atoms with E-state index in [-0.39, 0.29) is 43.7 Å². The predicted octanol–water partition coefficient (Wildman–Crippen LogP) is 3.59. The molecular weight excluding hydrogens is 584 g/mol. The summed E-state index contributed by atoms with van der Waals surface area (Å²) in [6.07, 6.45) is 0.761. The second-order valence-corrected chi connectivity index (χ2v) is 12.0. The van der Waals surface area contributed by atoms with Crippen molar-refractivity contribution in [2.75, 3.05) is 32.0 Å². The summed E-state index contributed by atoms with van der Waals surface area (Å²) in [7, 11) is -3.69. The van der Waals surface area contributed by atoms with E-state index in [0.29, 0.717) is 25.8 Å². The standard InChI is InChI=1S/C31H44N6O6S/c1-4-36(5-2)20-13-21-44(40,41)35-27(19-18-25-14-9-7-10-15-25)30-33-28(37(34-30)23-29(38)42-6-3)22-32-31(39)43-24-26-16-11-8-12-17-26/h7-12,14-17,27,35H,4-6,13,18-24H2,1-3H3,(H,32,39)/t27-/m1/s1. The van der Waals surface area contributed by atoms with Gasteiger partial charge < -0.3 is 19.7 Å². The number of rotatable bonds is 19. The third-order valence-electron chi connectivity index (χ3n) is 6.93. The van der Waals surface area contributed by atoms with Gasteiger partial charge in [0.2, 0.25) is 10.0 Å². The highest BCUT2D eigenvalue weighted by atomic mass is 32.2. The molecule has 3 aromatic rings. The molecule has 0 saturated heterocycles. The molecule has 0 spiro atoms. The SMILES string of the molecule is CCOC(=O)Cn1nc([C@@H](CCc2ccccc2)NS(=O)(=O)CCCN(CC)CC)nc1CNC(=O)OCc1ccccc1. The highest BCUT2D eigenvalue weighted by Crippen LogP contribution is 2.19. The quantitative estimate of drug-likeness (QED) is 0.190. The van der Waals surface area contributed by atoms with Crippen molar-refractivity contribution >= 4 is 22.1 Å². The van der Waals surface area contributed by atoms with Gasteiger partial charge in [0.15, 0.2) is 5.82 Å². The largest absolute Gasteiger partial charge is 0.465 e. The molecule has 0 unspecified atom stereocenters. The van der Waals surface area contributed by atoms with Crippen LogP contribution in [0.2, 0.25) is 0 Å². The molecule has 1 heterocycles. The minimum Gasteiger partial charge on any atom is -0.465 e. The van der Waals surface area contributed by atoms with E-state index in [1.165, 1.54) is 4.68 Å². The number of alkyl carbamates (subject to hydrolysis) is 1. The fourth-order valence-electron chi connectivity index (χ4n) is 4.54. The van der Waals surface area contributed by atoms with E-state index >= 15 is 0 Å². The summed E-state index contributed by atoms with van der Waals surface area (Å²) in [5, 5.41) is 7.16. The molecule has 44 heavy (non-hydrogen) atoms. The average molecular weight is 629 g/mol. The maximum Gasteiger partial charge on any atom is 0.407 e. The van der Waals surface area contributed by atoms with Crippen molar-refractivity contribution in [3.8, 4) is 0 Å². The average Bonchev–Trinajstić information content (AvgIpc) is 3.42. The summed E-state index contributed by atoms with van der Waals surface area (Å²) in [6.45, 7) is 8.09. The zero-order valence-corrected chi connectivity index (χ0v) is 26.6. The number of nitrogens with zero attached hydrogens (tertiary/aromatic N) is 4. The lowest BCUT2D eigenvalue weighted by Crippen LogP contribution is -2.33. The topological polar surface area (TPSA) is 145 Å². The van der Waals surface area contributed by atoms with Gasteiger partial charge in [-0.2, -0.15) is 5.10 Å². The molecule has 3 rings (SSSR count). The zero-order chi connectivity index (χ0) is 31.8. The first-order chi connectivity index (χ1) is 21.2. The number of sulfonamides is 1. The van der Waals surface area contributed by atoms with Crippen molar-refractivity contribution in [3.05, 3.63) is 83.4 Å². The van der Waals surface area contributed by atoms with Gasteiger partial charge in [0.05, 0.1) is 24.9 Å². The van der Waals surface area contributed by atoms with Gasteiger partial charge in [-0.3, -0.25) is 4.79 Å². The molecule has 13 heteroatoms. The van der Waals surface area contributed by atoms with E-state index in [4.69, 9.17) is 9.47 Å². The molecule has 2 N–H and O–H groups in total. The molecule has 1 amide bonds. The van der Waals surface area contributed by atoms with Crippen molar-refractivity contribution in [1.82, 2.24) is 29.7 Å². The summed E-state index contributed by atoms with van der Waals surface area (Å²) in [4.78, 5) is 31.5. The van der Waals surface area contributed by atoms with E-state index in [2.05, 4.69) is 25.0 Å². The molecule has 0 saturated carbocycles. The number of hydrogen-bond acceptors (Lipinski definition) is 9. The van der Waals surface area contributed by atoms with Gasteiger partial charge in [0.1, 0.15) is 19.0 Å². The van der Waals surface area contributed by atoms with E-state index in [1.807, 2.05) is 74.5 Å². The van der Waals surface area contributed by atoms with Crippen LogP contribution in [0.15, 0.2) is 60.7 Å². The highest BCUT2D eigenvalue weighted by molar-refractivity contribution is 7.89. The first-order valence-electron chi connectivity index (χ1n) is 15.0. The minimum atomic E-state index is -3.69. The Kier molecular flexibility index (Phi) is 14.3. The van der Waals surface area contributed by atoms with Crippen molar-refractivity contribution in [3.63, 3.8) is 0 Å². The summed E-state index contributed by atoms with van der Waals surface area (Å²) in [5.74, 6) is -0.117. The fourth-order valence-corrected chi connectivity index (χ4v) is 5.83. The number of esters is 1. The Balaban J connectivity index is 1.79. The number of amides is 1. The molecule has 240 valence electrons. The molecular formula is C31H44N6O6S. The first-order valence-corrected chi connectivity index (χ1v) is 16.7. The van der Waals surface area contributed by atoms with Crippen LogP contribution in [-0.2, 0) is 50.4 Å². The molecule has 2 aromatic carbocycles. The Labute approximate surface area is 260 Å². The molecule has 12 nitrogen and oxygen atoms in total. The third kappa shape index (κ3) is 12.1. The van der Waals surface area contributed by atoms with E-state index in [1.54, 1.807) is 6.92 Å². The number of aromatic nitrogens is 3. The molecule has 0 aliphatic carbocycles. The highest BCUT2D eigenvalue weighted by Gasteiger charge is 2.26. The first kappa shape index (κ1) is 34.7. The molecule has 0 aliphatic rings. The van der Waals surface area contributed by atoms with Gasteiger partial charge in [0.25, 0.3) is 0 Å². The second kappa shape index (κ2) is 18.1. The Bertz CT molecular complexity index is 1400. The van der Waals surface area contributed by atoms with Crippen LogP contribution in [0.5, 0.6) is 0 Å². The van der Waals surface area contributed by atoms with Crippen LogP contribution in [0.25, 0.3) is 0 Å². The number of carbonyl (C=O) groups is 2. The lowest BCUT2D eigenvalue weighted by atomic mass is 10.1. The van der Waals surface area contributed by atoms with Crippen LogP contribution in [-0.4, -0.2) is 72.1 Å². The maximum absolute atomic E-state index is 13.2. The van der Waals surface area contributed by atoms with Crippen LogP contribution >= 0.6 is 0 Å². The summed E-state index contributed by atoms with van der Waals surface area (Å²) < 4.78 is 40.9. The van der Waals surface area contributed by atoms with Crippen molar-refractivity contribution < 1.29 is 27.5 Å². The van der Waals surface area contributed by atoms with Crippen LogP contribution in [0.1, 0.15) is 62.4 Å². The van der Waals surface area contributed by atoms with Gasteiger partial charge in [-0.1, -0.05) is 74.5 Å². The van der Waals surface area contributed by atoms with Crippen molar-refractivity contribution in [2.24, 2.45) is 0 Å². The Morgan fingerprint density at radius 3 is 2.25 bits per heavy atom. The molecule has 0 bridgehead atoms. The van der Waals surface area contributed by atoms with Gasteiger partial charge in [-0.25, -0.2) is 27.6 Å². The smallest absolute Gasteiger partial charge is 0.407 e. The van der Waals surface area contributed by atoms with Crippen LogP contribution < -0.4 is 10.0 Å². The van der Waals surface area contributed by atoms with Crippen molar-refractivity contribution in [2.45, 2.75) is 65.8 Å². The minimum absolute atomic E-state index is 0.0451. The number of ether oxygens (including phenoxy) is 2. The van der Waals surface area contributed by atoms with Gasteiger partial charge >= 0.3 is 12.1 Å². The molecule has 1 aromatic heterocycles. The van der Waals surface area contributed by atoms with E-state index in [9.17, 15) is 18.0 Å². The Morgan fingerprint density at radius 1 is 0.955 bits per heavy atom. The van der Waals surface area contributed by atoms with E-state index < -0.39 is 28.1 Å². The van der Waals surface area contributed by atoms with Gasteiger partial charge in [-0.05, 0) is 56.9 Å². The fraction of sp³-hybridized carbons (Fsp3) is 0.484. The molecule has 0 fully saturated rings. The molecule has 0 radical (unpaired) electrons. The normalized spacial score (nSPS) is 12.2. The number of aryl methyl sites for hydroxylation is 1. The Hall–Kier alpha value is -3.81. The Morgan fingerprint density at radius 2 is 1.61 bits per heavy atom. The number of hydrogen-bond donors (Lipinski definition) is 2. The summed E-state index contributed by atoms with van der Waals surface area (Å²) >= 11 is 0. The predicted molar refractivity (Wildman–Crippen MR) is 167 cm³/mol. The number of carbonyl (C=O) groups excluding carboxylic acids is 2. The second-order valence-electron chi connectivity index (χ2n) is 10.2. The zero-order valence-electron chi connectivity index (χ0n) is 25.8. The van der Waals surface area contributed by atoms with Crippen LogP contribution in [0.4, 0.5) is 4.79 Å². The number of benzene rings is 2. The monoisotopic (exact) mass is 628 g/mol. The van der Waals surface area contributed by atoms with Crippen LogP contribution in [0.3, 0.4) is 0 Å². The number of nitrogens with one attached hydrogen (secondary N) is 2. The lowest BCUT2D eigenvalue weighted by Gasteiger charge is -2.19. The lowest BCUT2D eigenvalue weighted by molar-refractivity contribution is -0.144. The molecule has 1 atom stereocenters. The van der Waals surface area contributed by atoms with Gasteiger partial charge in [-0.15, -0.1) is 0 Å². The molecule has 0 aliphatic heterocycles. The van der Waals surface area contributed by atoms with E-state index in [0.717, 1.165) is 24.2 Å². The van der Waals surface area contributed by atoms with Gasteiger partial charge in [0, 0.05) is 0 Å². The maximum atomic E-state index is 13.2.